The number of aromatic nitrogens is 6. The molecule has 258 valence electrons. The van der Waals surface area contributed by atoms with Crippen molar-refractivity contribution in [2.45, 2.75) is 25.4 Å². The van der Waals surface area contributed by atoms with E-state index in [4.69, 9.17) is 16.3 Å². The maximum atomic E-state index is 13.8. The van der Waals surface area contributed by atoms with E-state index in [1.807, 2.05) is 4.90 Å². The van der Waals surface area contributed by atoms with Crippen molar-refractivity contribution in [2.24, 2.45) is 5.92 Å². The number of aromatic amines is 2. The van der Waals surface area contributed by atoms with Crippen LogP contribution in [0.25, 0.3) is 11.4 Å². The monoisotopic (exact) mass is 700 g/mol. The van der Waals surface area contributed by atoms with E-state index >= 15 is 0 Å². The van der Waals surface area contributed by atoms with E-state index in [1.165, 1.54) is 43.8 Å². The lowest BCUT2D eigenvalue weighted by molar-refractivity contribution is -0.141. The van der Waals surface area contributed by atoms with Gasteiger partial charge in [0.2, 0.25) is 5.91 Å². The number of ether oxygens (including phenoxy) is 1. The second kappa shape index (κ2) is 14.2. The molecule has 0 radical (unpaired) electrons. The van der Waals surface area contributed by atoms with Gasteiger partial charge >= 0.3 is 12.2 Å². The van der Waals surface area contributed by atoms with E-state index < -0.39 is 17.8 Å². The zero-order valence-corrected chi connectivity index (χ0v) is 27.0. The van der Waals surface area contributed by atoms with Crippen molar-refractivity contribution in [1.29, 1.82) is 0 Å². The summed E-state index contributed by atoms with van der Waals surface area (Å²) in [6, 6.07) is 5.82. The van der Waals surface area contributed by atoms with E-state index in [2.05, 4.69) is 40.8 Å². The molecule has 2 fully saturated rings. The van der Waals surface area contributed by atoms with Crippen LogP contribution in [-0.4, -0.2) is 104 Å². The van der Waals surface area contributed by atoms with Crippen molar-refractivity contribution in [3.05, 3.63) is 70.0 Å². The van der Waals surface area contributed by atoms with Crippen molar-refractivity contribution < 1.29 is 32.3 Å². The highest BCUT2D eigenvalue weighted by atomic mass is 35.5. The largest absolute Gasteiger partial charge is 0.467 e. The fourth-order valence-corrected chi connectivity index (χ4v) is 6.16. The number of carbonyl (C=O) groups excluding carboxylic acids is 3. The molecule has 0 unspecified atom stereocenters. The number of nitrogens with zero attached hydrogens (tertiary/aromatic N) is 6. The van der Waals surface area contributed by atoms with E-state index in [0.717, 1.165) is 25.9 Å². The normalized spacial score (nSPS) is 15.7. The third kappa shape index (κ3) is 7.51. The molecule has 5 heterocycles. The first-order chi connectivity index (χ1) is 23.5. The summed E-state index contributed by atoms with van der Waals surface area (Å²) in [5.74, 6) is -0.980. The smallest absolute Gasteiger partial charge is 0.435 e. The Bertz CT molecular complexity index is 1850. The van der Waals surface area contributed by atoms with Gasteiger partial charge in [0.05, 0.1) is 29.1 Å². The summed E-state index contributed by atoms with van der Waals surface area (Å²) < 4.78 is 46.5. The Morgan fingerprint density at radius 3 is 2.49 bits per heavy atom. The van der Waals surface area contributed by atoms with Gasteiger partial charge in [-0.25, -0.2) is 9.97 Å². The predicted molar refractivity (Wildman–Crippen MR) is 170 cm³/mol. The minimum absolute atomic E-state index is 0.00508. The molecular weight excluding hydrogens is 669 g/mol. The molecule has 49 heavy (non-hydrogen) atoms. The highest BCUT2D eigenvalue weighted by Crippen LogP contribution is 2.36. The number of alkyl halides is 3. The van der Waals surface area contributed by atoms with Crippen LogP contribution in [0, 0.1) is 5.92 Å². The Balaban J connectivity index is 1.09. The summed E-state index contributed by atoms with van der Waals surface area (Å²) >= 11 is 6.46. The molecule has 4 aromatic rings. The van der Waals surface area contributed by atoms with Gasteiger partial charge in [0.1, 0.15) is 0 Å². The van der Waals surface area contributed by atoms with E-state index in [1.54, 1.807) is 4.90 Å². The van der Waals surface area contributed by atoms with Gasteiger partial charge in [0, 0.05) is 67.9 Å². The summed E-state index contributed by atoms with van der Waals surface area (Å²) in [6.45, 7) is 3.30. The first kappa shape index (κ1) is 33.9. The van der Waals surface area contributed by atoms with Gasteiger partial charge in [0.15, 0.2) is 11.5 Å². The number of benzene rings is 1. The fraction of sp³-hybridized carbons (Fsp3) is 0.387. The molecule has 0 atom stereocenters. The average molecular weight is 701 g/mol. The van der Waals surface area contributed by atoms with Crippen molar-refractivity contribution in [3.8, 4) is 17.4 Å². The molecule has 2 aliphatic heterocycles. The number of nitrogens with one attached hydrogen (secondary N) is 4. The minimum Gasteiger partial charge on any atom is -0.467 e. The minimum atomic E-state index is -4.77. The quantitative estimate of drug-likeness (QED) is 0.215. The number of carbonyl (C=O) groups is 3. The zero-order valence-electron chi connectivity index (χ0n) is 26.2. The van der Waals surface area contributed by atoms with E-state index in [0.29, 0.717) is 26.2 Å². The van der Waals surface area contributed by atoms with Gasteiger partial charge in [-0.15, -0.1) is 0 Å². The highest BCUT2D eigenvalue weighted by molar-refractivity contribution is 6.34. The molecule has 3 aromatic heterocycles. The maximum Gasteiger partial charge on any atom is 0.435 e. The number of anilines is 1. The SMILES string of the molecule is COc1nccc(-c2[nH]nc(C(F)(F)F)c2Cc2cnc(C(=O)Nc3ccc(C(=O)N4CCN(C(=O)C5CCNCC5)CC4)c(Cl)c3)[nH]2)n1. The molecule has 18 heteroatoms. The summed E-state index contributed by atoms with van der Waals surface area (Å²) in [6.07, 6.45) is -0.861. The fourth-order valence-electron chi connectivity index (χ4n) is 5.90. The van der Waals surface area contributed by atoms with Crippen LogP contribution in [-0.2, 0) is 17.4 Å². The average Bonchev–Trinajstić information content (AvgIpc) is 3.76. The van der Waals surface area contributed by atoms with E-state index in [-0.39, 0.29) is 74.9 Å². The van der Waals surface area contributed by atoms with Crippen molar-refractivity contribution in [1.82, 2.24) is 45.2 Å². The second-order valence-corrected chi connectivity index (χ2v) is 12.0. The van der Waals surface area contributed by atoms with Gasteiger partial charge in [-0.3, -0.25) is 19.5 Å². The van der Waals surface area contributed by atoms with Crippen molar-refractivity contribution >= 4 is 35.0 Å². The topological polar surface area (TPSA) is 174 Å². The van der Waals surface area contributed by atoms with Crippen LogP contribution in [0.15, 0.2) is 36.7 Å². The maximum absolute atomic E-state index is 13.8. The molecule has 14 nitrogen and oxygen atoms in total. The third-order valence-electron chi connectivity index (χ3n) is 8.44. The number of amides is 3. The van der Waals surface area contributed by atoms with Crippen molar-refractivity contribution in [3.63, 3.8) is 0 Å². The molecule has 0 aliphatic carbocycles. The lowest BCUT2D eigenvalue weighted by atomic mass is 9.96. The molecule has 3 amide bonds. The van der Waals surface area contributed by atoms with Crippen LogP contribution in [0.5, 0.6) is 6.01 Å². The number of piperazine rings is 1. The Labute approximate surface area is 282 Å². The highest BCUT2D eigenvalue weighted by Gasteiger charge is 2.38. The van der Waals surface area contributed by atoms with Crippen molar-refractivity contribution in [2.75, 3.05) is 51.7 Å². The van der Waals surface area contributed by atoms with Crippen LogP contribution in [0.4, 0.5) is 18.9 Å². The lowest BCUT2D eigenvalue weighted by Gasteiger charge is -2.37. The Morgan fingerprint density at radius 1 is 1.06 bits per heavy atom. The Hall–Kier alpha value is -5.03. The molecule has 0 saturated carbocycles. The number of imidazole rings is 1. The standard InChI is InChI=1S/C31H32ClF3N10O4/c1-49-30-37-9-6-23(41-30)24-21(25(43-42-24)31(33,34)35)14-19-16-38-26(39-19)27(46)40-18-2-3-20(22(32)15-18)29(48)45-12-10-44(11-13-45)28(47)17-4-7-36-8-5-17/h2-3,6,9,15-17,36H,4-5,7-8,10-14H2,1H3,(H,38,39)(H,40,46)(H,42,43). The lowest BCUT2D eigenvalue weighted by Crippen LogP contribution is -2.52. The molecular formula is C31H32ClF3N10O4. The van der Waals surface area contributed by atoms with Crippen LogP contribution >= 0.6 is 11.6 Å². The first-order valence-corrected chi connectivity index (χ1v) is 15.8. The van der Waals surface area contributed by atoms with Gasteiger partial charge in [-0.05, 0) is 50.2 Å². The number of piperidine rings is 1. The van der Waals surface area contributed by atoms with Crippen LogP contribution < -0.4 is 15.4 Å². The van der Waals surface area contributed by atoms with Crippen LogP contribution in [0.2, 0.25) is 5.02 Å². The molecule has 6 rings (SSSR count). The van der Waals surface area contributed by atoms with Gasteiger partial charge < -0.3 is 30.2 Å². The molecule has 4 N–H and O–H groups in total. The summed E-state index contributed by atoms with van der Waals surface area (Å²) in [4.78, 5) is 57.4. The number of hydrogen-bond acceptors (Lipinski definition) is 9. The second-order valence-electron chi connectivity index (χ2n) is 11.6. The summed E-state index contributed by atoms with van der Waals surface area (Å²) in [5, 5.41) is 11.9. The summed E-state index contributed by atoms with van der Waals surface area (Å²) in [7, 11) is 1.33. The third-order valence-corrected chi connectivity index (χ3v) is 8.76. The predicted octanol–water partition coefficient (Wildman–Crippen LogP) is 3.40. The zero-order chi connectivity index (χ0) is 34.7. The molecule has 0 spiro atoms. The Kier molecular flexibility index (Phi) is 9.82. The molecule has 1 aromatic carbocycles. The first-order valence-electron chi connectivity index (χ1n) is 15.5. The number of H-pyrrole nitrogens is 2. The van der Waals surface area contributed by atoms with Crippen LogP contribution in [0.1, 0.15) is 50.8 Å². The van der Waals surface area contributed by atoms with Gasteiger partial charge in [0.25, 0.3) is 11.8 Å². The molecule has 2 saturated heterocycles. The van der Waals surface area contributed by atoms with Gasteiger partial charge in [-0.1, -0.05) is 11.6 Å². The number of rotatable bonds is 8. The van der Waals surface area contributed by atoms with E-state index in [9.17, 15) is 27.6 Å². The van der Waals surface area contributed by atoms with Gasteiger partial charge in [-0.2, -0.15) is 23.3 Å². The summed E-state index contributed by atoms with van der Waals surface area (Å²) in [5.41, 5.74) is -0.498. The number of halogens is 4. The Morgan fingerprint density at radius 2 is 1.80 bits per heavy atom. The van der Waals surface area contributed by atoms with Crippen LogP contribution in [0.3, 0.4) is 0 Å². The molecule has 0 bridgehead atoms. The number of methoxy groups -OCH3 is 1. The molecule has 2 aliphatic rings. The number of hydrogen-bond donors (Lipinski definition) is 4.